The number of ether oxygens (including phenoxy) is 1. The molecule has 0 bridgehead atoms. The average Bonchev–Trinajstić information content (AvgIpc) is 3.41. The maximum Gasteiger partial charge on any atom is 0.273 e. The molecule has 3 rings (SSSR count). The van der Waals surface area contributed by atoms with Crippen molar-refractivity contribution in [2.45, 2.75) is 46.9 Å². The Morgan fingerprint density at radius 1 is 1.08 bits per heavy atom. The van der Waals surface area contributed by atoms with Gasteiger partial charge in [-0.2, -0.15) is 4.98 Å². The number of methoxy groups -OCH3 is 1. The molecule has 1 atom stereocenters. The second-order valence-corrected chi connectivity index (χ2v) is 7.25. The predicted molar refractivity (Wildman–Crippen MR) is 164 cm³/mol. The number of rotatable bonds is 8. The Bertz CT molecular complexity index is 1130. The molecule has 0 aliphatic carbocycles. The highest BCUT2D eigenvalue weighted by atomic mass is 32.2. The molecule has 0 aliphatic heterocycles. The molecule has 0 aromatic carbocycles. The number of halogens is 1. The van der Waals surface area contributed by atoms with Crippen molar-refractivity contribution in [3.63, 3.8) is 0 Å². The molecule has 0 radical (unpaired) electrons. The molecule has 0 saturated heterocycles. The van der Waals surface area contributed by atoms with Crippen LogP contribution in [0.1, 0.15) is 62.6 Å². The van der Waals surface area contributed by atoms with Gasteiger partial charge in [-0.1, -0.05) is 54.4 Å². The van der Waals surface area contributed by atoms with E-state index in [0.717, 1.165) is 5.56 Å². The van der Waals surface area contributed by atoms with Gasteiger partial charge in [-0.15, -0.1) is 13.2 Å². The minimum atomic E-state index is -1.65. The van der Waals surface area contributed by atoms with E-state index in [1.54, 1.807) is 43.3 Å². The number of amides is 1. The summed E-state index contributed by atoms with van der Waals surface area (Å²) in [5.41, 5.74) is 2.49. The summed E-state index contributed by atoms with van der Waals surface area (Å²) in [7, 11) is 0.343. The van der Waals surface area contributed by atoms with Crippen LogP contribution < -0.4 is 14.8 Å². The number of alkyl halides is 1. The maximum absolute atomic E-state index is 12.5. The first-order valence-electron chi connectivity index (χ1n) is 11.6. The standard InChI is InChI=1S/C20H20N6O3S.2C2H6.C2H4.CH3F.CH4/c1-5-13-10-16(23-15(13)6-2)19(27)24-17-8-7-14(11-21-17)30(28)26-20-22-12(3)9-18(25-20)29-4;4*1-2;/h5-11,23H,1-2H2,3-4H3,(H,21,24,27)(H,22,25,26);2*1-2H3;1-2H2;1H3;1H4. The SMILES string of the molecule is C.C=C.C=Cc1cc(C(=O)Nc2ccc(S(=O)Nc3nc(C)cc(OC)n3)cn2)[nH]c1C=C.CC.CC.CF. The van der Waals surface area contributed by atoms with Gasteiger partial charge in [-0.3, -0.25) is 13.9 Å². The lowest BCUT2D eigenvalue weighted by atomic mass is 10.2. The topological polar surface area (TPSA) is 122 Å². The van der Waals surface area contributed by atoms with Crippen molar-refractivity contribution in [2.24, 2.45) is 0 Å². The molecular weight excluding hydrogens is 519 g/mol. The van der Waals surface area contributed by atoms with Crippen molar-refractivity contribution in [3.8, 4) is 5.88 Å². The number of anilines is 2. The maximum atomic E-state index is 12.5. The van der Waals surface area contributed by atoms with Gasteiger partial charge < -0.3 is 15.0 Å². The fourth-order valence-corrected chi connectivity index (χ4v) is 3.24. The smallest absolute Gasteiger partial charge is 0.273 e. The number of pyridine rings is 1. The third kappa shape index (κ3) is 12.8. The highest BCUT2D eigenvalue weighted by Gasteiger charge is 2.13. The van der Waals surface area contributed by atoms with Crippen molar-refractivity contribution in [1.29, 1.82) is 0 Å². The molecule has 39 heavy (non-hydrogen) atoms. The Hall–Kier alpha value is -4.12. The van der Waals surface area contributed by atoms with Crippen LogP contribution in [0.5, 0.6) is 5.88 Å². The van der Waals surface area contributed by atoms with Gasteiger partial charge in [0.15, 0.2) is 11.0 Å². The van der Waals surface area contributed by atoms with E-state index in [2.05, 4.69) is 56.3 Å². The Morgan fingerprint density at radius 2 is 1.69 bits per heavy atom. The van der Waals surface area contributed by atoms with E-state index < -0.39 is 11.0 Å². The number of carbonyl (C=O) groups is 1. The molecule has 0 spiro atoms. The minimum Gasteiger partial charge on any atom is -0.481 e. The second kappa shape index (κ2) is 23.0. The normalized spacial score (nSPS) is 9.33. The fraction of sp³-hybridized carbons (Fsp3) is 0.286. The Labute approximate surface area is 235 Å². The van der Waals surface area contributed by atoms with Crippen LogP contribution in [0.25, 0.3) is 12.2 Å². The first kappa shape index (κ1) is 39.4. The van der Waals surface area contributed by atoms with E-state index in [4.69, 9.17) is 4.74 Å². The molecule has 3 aromatic heterocycles. The molecule has 0 fully saturated rings. The molecule has 216 valence electrons. The van der Waals surface area contributed by atoms with E-state index in [1.807, 2.05) is 27.7 Å². The summed E-state index contributed by atoms with van der Waals surface area (Å²) >= 11 is 0. The van der Waals surface area contributed by atoms with Gasteiger partial charge in [0, 0.05) is 23.7 Å². The summed E-state index contributed by atoms with van der Waals surface area (Å²) in [6.45, 7) is 23.2. The summed E-state index contributed by atoms with van der Waals surface area (Å²) in [5.74, 6) is 0.474. The van der Waals surface area contributed by atoms with Crippen molar-refractivity contribution < 1.29 is 18.1 Å². The highest BCUT2D eigenvalue weighted by molar-refractivity contribution is 7.86. The third-order valence-corrected chi connectivity index (χ3v) is 5.00. The number of aromatic nitrogens is 4. The highest BCUT2D eigenvalue weighted by Crippen LogP contribution is 2.17. The van der Waals surface area contributed by atoms with Gasteiger partial charge in [0.2, 0.25) is 11.8 Å². The van der Waals surface area contributed by atoms with Crippen LogP contribution in [-0.4, -0.2) is 44.3 Å². The van der Waals surface area contributed by atoms with E-state index in [9.17, 15) is 13.4 Å². The third-order valence-electron chi connectivity index (χ3n) is 3.96. The van der Waals surface area contributed by atoms with Gasteiger partial charge in [0.25, 0.3) is 5.91 Å². The van der Waals surface area contributed by atoms with Gasteiger partial charge in [0.1, 0.15) is 11.5 Å². The van der Waals surface area contributed by atoms with Gasteiger partial charge in [-0.05, 0) is 36.8 Å². The van der Waals surface area contributed by atoms with Crippen LogP contribution in [-0.2, 0) is 11.0 Å². The van der Waals surface area contributed by atoms with E-state index in [0.29, 0.717) is 40.9 Å². The van der Waals surface area contributed by atoms with Crippen LogP contribution in [0.4, 0.5) is 16.2 Å². The number of hydrogen-bond donors (Lipinski definition) is 3. The van der Waals surface area contributed by atoms with Gasteiger partial charge >= 0.3 is 0 Å². The summed E-state index contributed by atoms with van der Waals surface area (Å²) < 4.78 is 29.8. The number of aromatic amines is 1. The predicted octanol–water partition coefficient (Wildman–Crippen LogP) is 7.27. The zero-order valence-electron chi connectivity index (χ0n) is 23.2. The minimum absolute atomic E-state index is 0. The largest absolute Gasteiger partial charge is 0.481 e. The first-order chi connectivity index (χ1) is 18.4. The first-order valence-corrected chi connectivity index (χ1v) is 12.8. The van der Waals surface area contributed by atoms with Crippen LogP contribution in [0.15, 0.2) is 61.7 Å². The average molecular weight is 563 g/mol. The summed E-state index contributed by atoms with van der Waals surface area (Å²) in [6, 6.07) is 6.46. The van der Waals surface area contributed by atoms with E-state index in [-0.39, 0.29) is 19.3 Å². The monoisotopic (exact) mass is 562 g/mol. The molecule has 11 heteroatoms. The summed E-state index contributed by atoms with van der Waals surface area (Å²) in [6.07, 6.45) is 4.63. The van der Waals surface area contributed by atoms with Crippen molar-refractivity contribution in [1.82, 2.24) is 19.9 Å². The van der Waals surface area contributed by atoms with E-state index in [1.165, 1.54) is 13.3 Å². The number of aryl methyl sites for hydroxylation is 1. The van der Waals surface area contributed by atoms with Gasteiger partial charge in [0.05, 0.1) is 19.2 Å². The zero-order valence-corrected chi connectivity index (χ0v) is 24.0. The number of nitrogens with zero attached hydrogens (tertiary/aromatic N) is 3. The fourth-order valence-electron chi connectivity index (χ4n) is 2.53. The molecule has 3 aromatic rings. The van der Waals surface area contributed by atoms with Crippen LogP contribution in [0, 0.1) is 6.92 Å². The molecule has 9 nitrogen and oxygen atoms in total. The molecule has 0 saturated carbocycles. The lowest BCUT2D eigenvalue weighted by Gasteiger charge is -2.08. The van der Waals surface area contributed by atoms with Crippen molar-refractivity contribution in [2.75, 3.05) is 24.3 Å². The van der Waals surface area contributed by atoms with Crippen molar-refractivity contribution in [3.05, 3.63) is 79.4 Å². The molecule has 1 unspecified atom stereocenters. The van der Waals surface area contributed by atoms with Crippen molar-refractivity contribution >= 4 is 40.8 Å². The zero-order chi connectivity index (χ0) is 29.7. The summed E-state index contributed by atoms with van der Waals surface area (Å²) in [4.78, 5) is 28.2. The number of H-pyrrole nitrogens is 1. The van der Waals surface area contributed by atoms with Crippen LogP contribution >= 0.6 is 0 Å². The second-order valence-electron chi connectivity index (χ2n) is 6.04. The molecule has 1 amide bonds. The molecule has 3 N–H and O–H groups in total. The van der Waals surface area contributed by atoms with Gasteiger partial charge in [-0.25, -0.2) is 14.2 Å². The summed E-state index contributed by atoms with van der Waals surface area (Å²) in [5, 5.41) is 2.67. The Balaban J connectivity index is -0.00000132. The number of nitrogens with one attached hydrogen (secondary N) is 3. The number of carbonyl (C=O) groups excluding carboxylic acids is 1. The van der Waals surface area contributed by atoms with Crippen LogP contribution in [0.2, 0.25) is 0 Å². The lowest BCUT2D eigenvalue weighted by molar-refractivity contribution is 0.102. The quantitative estimate of drug-likeness (QED) is 0.248. The van der Waals surface area contributed by atoms with Crippen LogP contribution in [0.3, 0.4) is 0 Å². The van der Waals surface area contributed by atoms with E-state index >= 15 is 0 Å². The molecule has 0 aliphatic rings. The Kier molecular flexibility index (Phi) is 23.3. The Morgan fingerprint density at radius 3 is 2.15 bits per heavy atom. The molecule has 3 heterocycles. The number of hydrogen-bond acceptors (Lipinski definition) is 6. The lowest BCUT2D eigenvalue weighted by Crippen LogP contribution is -2.14. The molecular formula is C28H43FN6O3S.